The molecule has 0 bridgehead atoms. The molecule has 0 fully saturated rings. The Morgan fingerprint density at radius 3 is 2.48 bits per heavy atom. The van der Waals surface area contributed by atoms with Crippen molar-refractivity contribution in [2.75, 3.05) is 34.3 Å². The fourth-order valence-corrected chi connectivity index (χ4v) is 3.25. The van der Waals surface area contributed by atoms with Crippen LogP contribution in [-0.4, -0.2) is 54.9 Å². The number of likely N-dealkylation sites (N-methyl/N-ethyl adjacent to an activating group) is 1. The highest BCUT2D eigenvalue weighted by Gasteiger charge is 2.18. The molecule has 0 aliphatic carbocycles. The van der Waals surface area contributed by atoms with Crippen LogP contribution in [-0.2, 0) is 13.6 Å². The van der Waals surface area contributed by atoms with E-state index in [0.717, 1.165) is 35.2 Å². The van der Waals surface area contributed by atoms with Gasteiger partial charge >= 0.3 is 0 Å². The van der Waals surface area contributed by atoms with Gasteiger partial charge in [0.1, 0.15) is 5.75 Å². The third-order valence-corrected chi connectivity index (χ3v) is 4.98. The molecule has 2 rings (SSSR count). The maximum atomic E-state index is 5.56. The highest BCUT2D eigenvalue weighted by molar-refractivity contribution is 14.0. The van der Waals surface area contributed by atoms with Gasteiger partial charge in [0.2, 0.25) is 0 Å². The maximum Gasteiger partial charge on any atom is 0.191 e. The molecular weight excluding hydrogens is 479 g/mol. The lowest BCUT2D eigenvalue weighted by molar-refractivity contribution is 0.287. The van der Waals surface area contributed by atoms with E-state index < -0.39 is 0 Å². The third kappa shape index (κ3) is 6.60. The Balaban J connectivity index is 0.00000420. The Kier molecular flexibility index (Phi) is 10.5. The second-order valence-electron chi connectivity index (χ2n) is 7.07. The van der Waals surface area contributed by atoms with Gasteiger partial charge in [-0.2, -0.15) is 5.10 Å². The van der Waals surface area contributed by atoms with Crippen molar-refractivity contribution < 1.29 is 4.74 Å². The number of nitrogens with one attached hydrogen (secondary N) is 2. The van der Waals surface area contributed by atoms with Crippen molar-refractivity contribution in [2.24, 2.45) is 12.0 Å². The Hall–Kier alpha value is -1.81. The fourth-order valence-electron chi connectivity index (χ4n) is 3.25. The smallest absolute Gasteiger partial charge is 0.191 e. The van der Waals surface area contributed by atoms with Gasteiger partial charge in [-0.15, -0.1) is 24.0 Å². The van der Waals surface area contributed by atoms with E-state index in [9.17, 15) is 0 Å². The van der Waals surface area contributed by atoms with E-state index in [0.29, 0.717) is 13.1 Å². The molecular formula is C21H35IN6O. The second kappa shape index (κ2) is 12.0. The summed E-state index contributed by atoms with van der Waals surface area (Å²) in [6, 6.07) is 8.30. The number of aromatic nitrogens is 2. The zero-order valence-corrected chi connectivity index (χ0v) is 20.9. The van der Waals surface area contributed by atoms with Crippen LogP contribution in [0.2, 0.25) is 0 Å². The van der Waals surface area contributed by atoms with Crippen LogP contribution < -0.4 is 15.4 Å². The van der Waals surface area contributed by atoms with Gasteiger partial charge in [-0.05, 0) is 40.9 Å². The molecule has 0 spiro atoms. The molecule has 1 heterocycles. The van der Waals surface area contributed by atoms with Crippen LogP contribution >= 0.6 is 24.0 Å². The summed E-state index contributed by atoms with van der Waals surface area (Å²) in [4.78, 5) is 6.96. The molecule has 2 aromatic rings. The average Bonchev–Trinajstić information content (AvgIpc) is 2.91. The number of methoxy groups -OCH3 is 1. The molecule has 2 N–H and O–H groups in total. The number of hydrogen-bond acceptors (Lipinski definition) is 4. The molecule has 1 aromatic heterocycles. The van der Waals surface area contributed by atoms with Crippen LogP contribution in [0.5, 0.6) is 5.75 Å². The SMILES string of the molecule is CCNC(=NCc1c(C)nn(C)c1C)NCC(c1ccccc1OC)N(C)C.I. The number of halogens is 1. The topological polar surface area (TPSA) is 66.7 Å². The molecule has 0 aliphatic rings. The number of guanidine groups is 1. The van der Waals surface area contributed by atoms with Crippen LogP contribution in [0.4, 0.5) is 0 Å². The summed E-state index contributed by atoms with van der Waals surface area (Å²) in [6.45, 7) is 8.29. The quantitative estimate of drug-likeness (QED) is 0.322. The minimum atomic E-state index is 0. The van der Waals surface area contributed by atoms with E-state index in [1.807, 2.05) is 36.9 Å². The maximum absolute atomic E-state index is 5.56. The number of benzene rings is 1. The summed E-state index contributed by atoms with van der Waals surface area (Å²) in [7, 11) is 7.83. The molecule has 7 nitrogen and oxygen atoms in total. The lowest BCUT2D eigenvalue weighted by Crippen LogP contribution is -2.41. The first-order valence-electron chi connectivity index (χ1n) is 9.69. The molecule has 29 heavy (non-hydrogen) atoms. The van der Waals surface area contributed by atoms with Crippen molar-refractivity contribution in [3.05, 3.63) is 46.8 Å². The summed E-state index contributed by atoms with van der Waals surface area (Å²) in [6.07, 6.45) is 0. The predicted molar refractivity (Wildman–Crippen MR) is 130 cm³/mol. The minimum Gasteiger partial charge on any atom is -0.496 e. The van der Waals surface area contributed by atoms with Gasteiger partial charge < -0.3 is 20.3 Å². The molecule has 0 saturated heterocycles. The van der Waals surface area contributed by atoms with Crippen molar-refractivity contribution in [3.63, 3.8) is 0 Å². The van der Waals surface area contributed by atoms with Crippen LogP contribution in [0.25, 0.3) is 0 Å². The van der Waals surface area contributed by atoms with E-state index in [2.05, 4.69) is 54.6 Å². The van der Waals surface area contributed by atoms with Crippen molar-refractivity contribution in [2.45, 2.75) is 33.4 Å². The van der Waals surface area contributed by atoms with E-state index in [1.54, 1.807) is 7.11 Å². The van der Waals surface area contributed by atoms with E-state index >= 15 is 0 Å². The summed E-state index contributed by atoms with van der Waals surface area (Å²) >= 11 is 0. The summed E-state index contributed by atoms with van der Waals surface area (Å²) in [5.41, 5.74) is 4.50. The molecule has 162 valence electrons. The standard InChI is InChI=1S/C21H34N6O.HI/c1-8-22-21(23-13-18-15(2)25-27(6)16(18)3)24-14-19(26(4)5)17-11-9-10-12-20(17)28-7;/h9-12,19H,8,13-14H2,1-7H3,(H2,22,23,24);1H. The van der Waals surface area contributed by atoms with Crippen LogP contribution in [0.3, 0.4) is 0 Å². The average molecular weight is 514 g/mol. The largest absolute Gasteiger partial charge is 0.496 e. The van der Waals surface area contributed by atoms with Gasteiger partial charge in [-0.25, -0.2) is 4.99 Å². The summed E-state index contributed by atoms with van der Waals surface area (Å²) < 4.78 is 7.46. The highest BCUT2D eigenvalue weighted by Crippen LogP contribution is 2.27. The summed E-state index contributed by atoms with van der Waals surface area (Å²) in [5, 5.41) is 11.3. The molecule has 1 aromatic carbocycles. The Morgan fingerprint density at radius 2 is 1.93 bits per heavy atom. The normalized spacial score (nSPS) is 12.5. The van der Waals surface area contributed by atoms with Crippen molar-refractivity contribution in [1.29, 1.82) is 0 Å². The molecule has 1 unspecified atom stereocenters. The number of rotatable bonds is 8. The van der Waals surface area contributed by atoms with Crippen LogP contribution in [0, 0.1) is 13.8 Å². The van der Waals surface area contributed by atoms with Crippen molar-refractivity contribution >= 4 is 29.9 Å². The van der Waals surface area contributed by atoms with E-state index in [1.165, 1.54) is 5.56 Å². The van der Waals surface area contributed by atoms with E-state index in [-0.39, 0.29) is 30.0 Å². The zero-order valence-electron chi connectivity index (χ0n) is 18.6. The molecule has 0 radical (unpaired) electrons. The molecule has 0 saturated carbocycles. The van der Waals surface area contributed by atoms with Crippen LogP contribution in [0.1, 0.15) is 35.5 Å². The number of aryl methyl sites for hydroxylation is 2. The van der Waals surface area contributed by atoms with Gasteiger partial charge in [0.15, 0.2) is 5.96 Å². The van der Waals surface area contributed by atoms with Gasteiger partial charge in [0.25, 0.3) is 0 Å². The predicted octanol–water partition coefficient (Wildman–Crippen LogP) is 3.02. The molecule has 8 heteroatoms. The summed E-state index contributed by atoms with van der Waals surface area (Å²) in [5.74, 6) is 1.69. The fraction of sp³-hybridized carbons (Fsp3) is 0.524. The third-order valence-electron chi connectivity index (χ3n) is 4.98. The van der Waals surface area contributed by atoms with Crippen molar-refractivity contribution in [3.8, 4) is 5.75 Å². The number of hydrogen-bond donors (Lipinski definition) is 2. The molecule has 0 aliphatic heterocycles. The number of para-hydroxylation sites is 1. The Bertz CT molecular complexity index is 802. The molecule has 0 amide bonds. The first-order chi connectivity index (χ1) is 13.4. The number of aliphatic imine (C=N–C) groups is 1. The Morgan fingerprint density at radius 1 is 1.24 bits per heavy atom. The van der Waals surface area contributed by atoms with Gasteiger partial charge in [-0.3, -0.25) is 4.68 Å². The Labute approximate surface area is 191 Å². The van der Waals surface area contributed by atoms with Crippen molar-refractivity contribution in [1.82, 2.24) is 25.3 Å². The minimum absolute atomic E-state index is 0. The van der Waals surface area contributed by atoms with E-state index in [4.69, 9.17) is 9.73 Å². The zero-order chi connectivity index (χ0) is 20.7. The monoisotopic (exact) mass is 514 g/mol. The van der Waals surface area contributed by atoms with Gasteiger partial charge in [0, 0.05) is 37.0 Å². The lowest BCUT2D eigenvalue weighted by Gasteiger charge is -2.27. The number of nitrogens with zero attached hydrogens (tertiary/aromatic N) is 4. The first-order valence-corrected chi connectivity index (χ1v) is 9.69. The second-order valence-corrected chi connectivity index (χ2v) is 7.07. The lowest BCUT2D eigenvalue weighted by atomic mass is 10.0. The molecule has 1 atom stereocenters. The first kappa shape index (κ1) is 25.2. The number of ether oxygens (including phenoxy) is 1. The van der Waals surface area contributed by atoms with Gasteiger partial charge in [0.05, 0.1) is 25.4 Å². The van der Waals surface area contributed by atoms with Gasteiger partial charge in [-0.1, -0.05) is 18.2 Å². The highest BCUT2D eigenvalue weighted by atomic mass is 127. The van der Waals surface area contributed by atoms with Crippen LogP contribution in [0.15, 0.2) is 29.3 Å².